The average Bonchev–Trinajstić information content (AvgIpc) is 3.16. The summed E-state index contributed by atoms with van der Waals surface area (Å²) in [6, 6.07) is 12.3. The van der Waals surface area contributed by atoms with Crippen LogP contribution in [0.4, 0.5) is 23.2 Å². The SMILES string of the molecule is COc1c(F)c(F)c(C(=O)Nc2ccc(-c3nc4ccc(C)cc4s3)cc2)c(F)c1F. The predicted molar refractivity (Wildman–Crippen MR) is 111 cm³/mol. The molecular weight excluding hydrogens is 432 g/mol. The molecule has 1 N–H and O–H groups in total. The Morgan fingerprint density at radius 1 is 0.968 bits per heavy atom. The highest BCUT2D eigenvalue weighted by molar-refractivity contribution is 7.21. The van der Waals surface area contributed by atoms with Gasteiger partial charge in [-0.2, -0.15) is 8.78 Å². The number of halogens is 4. The molecule has 3 aromatic carbocycles. The lowest BCUT2D eigenvalue weighted by atomic mass is 10.1. The van der Waals surface area contributed by atoms with Crippen molar-refractivity contribution in [3.8, 4) is 16.3 Å². The Hall–Kier alpha value is -3.46. The quantitative estimate of drug-likeness (QED) is 0.305. The van der Waals surface area contributed by atoms with Crippen LogP contribution in [-0.2, 0) is 0 Å². The van der Waals surface area contributed by atoms with Crippen molar-refractivity contribution < 1.29 is 27.1 Å². The van der Waals surface area contributed by atoms with Crippen molar-refractivity contribution in [3.63, 3.8) is 0 Å². The van der Waals surface area contributed by atoms with Gasteiger partial charge in [-0.05, 0) is 48.9 Å². The normalized spacial score (nSPS) is 11.0. The van der Waals surface area contributed by atoms with E-state index in [1.165, 1.54) is 23.5 Å². The summed E-state index contributed by atoms with van der Waals surface area (Å²) in [5.41, 5.74) is 1.56. The number of aromatic nitrogens is 1. The van der Waals surface area contributed by atoms with E-state index in [0.717, 1.165) is 33.5 Å². The zero-order valence-electron chi connectivity index (χ0n) is 16.2. The van der Waals surface area contributed by atoms with Crippen molar-refractivity contribution in [2.75, 3.05) is 12.4 Å². The minimum absolute atomic E-state index is 0.182. The number of nitrogens with zero attached hydrogens (tertiary/aromatic N) is 1. The summed E-state index contributed by atoms with van der Waals surface area (Å²) in [6.45, 7) is 1.99. The Kier molecular flexibility index (Phi) is 5.36. The summed E-state index contributed by atoms with van der Waals surface area (Å²) in [5, 5.41) is 2.99. The van der Waals surface area contributed by atoms with Gasteiger partial charge < -0.3 is 10.1 Å². The molecule has 0 radical (unpaired) electrons. The van der Waals surface area contributed by atoms with E-state index in [2.05, 4.69) is 15.0 Å². The number of amides is 1. The second kappa shape index (κ2) is 7.99. The first-order valence-electron chi connectivity index (χ1n) is 8.99. The van der Waals surface area contributed by atoms with Crippen LogP contribution in [0.2, 0.25) is 0 Å². The van der Waals surface area contributed by atoms with E-state index < -0.39 is 40.5 Å². The third-order valence-corrected chi connectivity index (χ3v) is 5.66. The van der Waals surface area contributed by atoms with E-state index in [1.807, 2.05) is 25.1 Å². The molecule has 4 aromatic rings. The van der Waals surface area contributed by atoms with Crippen molar-refractivity contribution >= 4 is 33.1 Å². The van der Waals surface area contributed by atoms with Crippen LogP contribution in [0.5, 0.6) is 5.75 Å². The van der Waals surface area contributed by atoms with Crippen LogP contribution >= 0.6 is 11.3 Å². The number of fused-ring (bicyclic) bond motifs is 1. The highest BCUT2D eigenvalue weighted by atomic mass is 32.1. The first-order valence-corrected chi connectivity index (χ1v) is 9.80. The fourth-order valence-electron chi connectivity index (χ4n) is 3.04. The molecule has 0 aliphatic heterocycles. The zero-order chi connectivity index (χ0) is 22.3. The van der Waals surface area contributed by atoms with E-state index in [4.69, 9.17) is 0 Å². The standard InChI is InChI=1S/C22H14F4N2O2S/c1-10-3-8-13-14(9-10)31-22(28-13)11-4-6-12(7-5-11)27-21(29)15-16(23)18(25)20(30-2)19(26)17(15)24/h3-9H,1-2H3,(H,27,29). The number of hydrogen-bond acceptors (Lipinski definition) is 4. The molecule has 4 nitrogen and oxygen atoms in total. The van der Waals surface area contributed by atoms with Crippen molar-refractivity contribution in [1.29, 1.82) is 0 Å². The smallest absolute Gasteiger partial charge is 0.261 e. The Morgan fingerprint density at radius 3 is 2.23 bits per heavy atom. The molecule has 1 aromatic heterocycles. The highest BCUT2D eigenvalue weighted by Crippen LogP contribution is 2.32. The fourth-order valence-corrected chi connectivity index (χ4v) is 4.10. The number of rotatable bonds is 4. The molecular formula is C22H14F4N2O2S. The van der Waals surface area contributed by atoms with E-state index in [0.29, 0.717) is 0 Å². The van der Waals surface area contributed by atoms with Crippen molar-refractivity contribution in [1.82, 2.24) is 4.98 Å². The van der Waals surface area contributed by atoms with Crippen LogP contribution in [0, 0.1) is 30.2 Å². The summed E-state index contributed by atoms with van der Waals surface area (Å²) in [4.78, 5) is 16.8. The number of benzene rings is 3. The summed E-state index contributed by atoms with van der Waals surface area (Å²) in [5.74, 6) is -9.81. The van der Waals surface area contributed by atoms with Gasteiger partial charge in [-0.3, -0.25) is 4.79 Å². The van der Waals surface area contributed by atoms with Crippen LogP contribution in [-0.4, -0.2) is 18.0 Å². The lowest BCUT2D eigenvalue weighted by Crippen LogP contribution is -2.18. The fraction of sp³-hybridized carbons (Fsp3) is 0.0909. The Morgan fingerprint density at radius 2 is 1.61 bits per heavy atom. The molecule has 0 saturated heterocycles. The van der Waals surface area contributed by atoms with Gasteiger partial charge in [-0.25, -0.2) is 13.8 Å². The van der Waals surface area contributed by atoms with Gasteiger partial charge in [0.1, 0.15) is 10.6 Å². The maximum atomic E-state index is 14.1. The molecule has 1 heterocycles. The Labute approximate surface area is 178 Å². The van der Waals surface area contributed by atoms with Gasteiger partial charge in [0.05, 0.1) is 17.3 Å². The minimum Gasteiger partial charge on any atom is -0.491 e. The number of hydrogen-bond donors (Lipinski definition) is 1. The molecule has 9 heteroatoms. The number of carbonyl (C=O) groups excluding carboxylic acids is 1. The van der Waals surface area contributed by atoms with Crippen molar-refractivity contribution in [2.24, 2.45) is 0 Å². The maximum Gasteiger partial charge on any atom is 0.261 e. The molecule has 31 heavy (non-hydrogen) atoms. The minimum atomic E-state index is -1.84. The summed E-state index contributed by atoms with van der Waals surface area (Å²) in [6.07, 6.45) is 0. The highest BCUT2D eigenvalue weighted by Gasteiger charge is 2.30. The lowest BCUT2D eigenvalue weighted by molar-refractivity contribution is 0.101. The summed E-state index contributed by atoms with van der Waals surface area (Å²) < 4.78 is 61.3. The third-order valence-electron chi connectivity index (χ3n) is 4.59. The van der Waals surface area contributed by atoms with Gasteiger partial charge in [-0.15, -0.1) is 11.3 Å². The molecule has 0 spiro atoms. The van der Waals surface area contributed by atoms with Gasteiger partial charge in [0.2, 0.25) is 11.6 Å². The van der Waals surface area contributed by atoms with E-state index in [1.54, 1.807) is 12.1 Å². The van der Waals surface area contributed by atoms with Crippen LogP contribution in [0.3, 0.4) is 0 Å². The topological polar surface area (TPSA) is 51.2 Å². The lowest BCUT2D eigenvalue weighted by Gasteiger charge is -2.11. The number of carbonyl (C=O) groups is 1. The monoisotopic (exact) mass is 446 g/mol. The number of methoxy groups -OCH3 is 1. The largest absolute Gasteiger partial charge is 0.491 e. The molecule has 158 valence electrons. The number of anilines is 1. The summed E-state index contributed by atoms with van der Waals surface area (Å²) >= 11 is 1.50. The molecule has 1 amide bonds. The first-order chi connectivity index (χ1) is 14.8. The molecule has 0 fully saturated rings. The second-order valence-electron chi connectivity index (χ2n) is 6.69. The third kappa shape index (κ3) is 3.72. The predicted octanol–water partition coefficient (Wildman–Crippen LogP) is 6.09. The molecule has 0 bridgehead atoms. The van der Waals surface area contributed by atoms with Crippen LogP contribution in [0.1, 0.15) is 15.9 Å². The van der Waals surface area contributed by atoms with Crippen LogP contribution < -0.4 is 10.1 Å². The number of thiazole rings is 1. The van der Waals surface area contributed by atoms with E-state index >= 15 is 0 Å². The van der Waals surface area contributed by atoms with E-state index in [-0.39, 0.29) is 5.69 Å². The Balaban J connectivity index is 1.60. The van der Waals surface area contributed by atoms with E-state index in [9.17, 15) is 22.4 Å². The number of aryl methyl sites for hydroxylation is 1. The van der Waals surface area contributed by atoms with Gasteiger partial charge >= 0.3 is 0 Å². The van der Waals surface area contributed by atoms with Crippen molar-refractivity contribution in [2.45, 2.75) is 6.92 Å². The van der Waals surface area contributed by atoms with Crippen molar-refractivity contribution in [3.05, 3.63) is 76.9 Å². The zero-order valence-corrected chi connectivity index (χ0v) is 17.0. The van der Waals surface area contributed by atoms with Crippen LogP contribution in [0.25, 0.3) is 20.8 Å². The van der Waals surface area contributed by atoms with Crippen LogP contribution in [0.15, 0.2) is 42.5 Å². The number of nitrogens with one attached hydrogen (secondary N) is 1. The van der Waals surface area contributed by atoms with Gasteiger partial charge in [0.25, 0.3) is 5.91 Å². The van der Waals surface area contributed by atoms with Gasteiger partial charge in [0, 0.05) is 11.3 Å². The second-order valence-corrected chi connectivity index (χ2v) is 7.72. The van der Waals surface area contributed by atoms with Gasteiger partial charge in [0.15, 0.2) is 17.4 Å². The summed E-state index contributed by atoms with van der Waals surface area (Å²) in [7, 11) is 0.855. The first kappa shape index (κ1) is 20.8. The molecule has 0 unspecified atom stereocenters. The Bertz CT molecular complexity index is 1290. The molecule has 0 atom stereocenters. The van der Waals surface area contributed by atoms with Gasteiger partial charge in [-0.1, -0.05) is 6.07 Å². The molecule has 4 rings (SSSR count). The molecule has 0 aliphatic carbocycles. The average molecular weight is 446 g/mol. The molecule has 0 aliphatic rings. The molecule has 0 saturated carbocycles. The number of ether oxygens (including phenoxy) is 1. The maximum absolute atomic E-state index is 14.1.